The van der Waals surface area contributed by atoms with Gasteiger partial charge in [-0.3, -0.25) is 0 Å². The molecule has 0 radical (unpaired) electrons. The molecule has 1 aliphatic heterocycles. The van der Waals surface area contributed by atoms with Crippen molar-refractivity contribution >= 4 is 9.84 Å². The van der Waals surface area contributed by atoms with Gasteiger partial charge in [-0.05, 0) is 24.5 Å². The SMILES string of the molecule is O=S1(=O)c2ncccc2C2CC[C@H]21. The summed E-state index contributed by atoms with van der Waals surface area (Å²) in [6, 6.07) is 3.71. The van der Waals surface area contributed by atoms with E-state index in [2.05, 4.69) is 4.98 Å². The third-order valence-electron chi connectivity index (χ3n) is 3.08. The van der Waals surface area contributed by atoms with Gasteiger partial charge in [-0.1, -0.05) is 6.07 Å². The van der Waals surface area contributed by atoms with E-state index in [4.69, 9.17) is 0 Å². The molecule has 1 saturated carbocycles. The summed E-state index contributed by atoms with van der Waals surface area (Å²) in [4.78, 5) is 3.96. The number of hydrogen-bond acceptors (Lipinski definition) is 3. The maximum atomic E-state index is 11.8. The molecule has 4 heteroatoms. The highest BCUT2D eigenvalue weighted by atomic mass is 32.2. The van der Waals surface area contributed by atoms with Crippen LogP contribution in [0.15, 0.2) is 23.4 Å². The van der Waals surface area contributed by atoms with E-state index in [1.165, 1.54) is 0 Å². The monoisotopic (exact) mass is 195 g/mol. The van der Waals surface area contributed by atoms with Crippen LogP contribution in [0.2, 0.25) is 0 Å². The average molecular weight is 195 g/mol. The molecule has 1 aromatic heterocycles. The second-order valence-corrected chi connectivity index (χ2v) is 5.75. The highest BCUT2D eigenvalue weighted by molar-refractivity contribution is 7.92. The van der Waals surface area contributed by atoms with Crippen molar-refractivity contribution in [2.24, 2.45) is 0 Å². The number of hydrogen-bond donors (Lipinski definition) is 0. The highest BCUT2D eigenvalue weighted by Gasteiger charge is 2.51. The van der Waals surface area contributed by atoms with E-state index in [1.54, 1.807) is 6.20 Å². The molecule has 2 aliphatic rings. The smallest absolute Gasteiger partial charge is 0.199 e. The molecule has 0 spiro atoms. The summed E-state index contributed by atoms with van der Waals surface area (Å²) in [5.74, 6) is 0.244. The lowest BCUT2D eigenvalue weighted by Gasteiger charge is -2.28. The molecule has 68 valence electrons. The van der Waals surface area contributed by atoms with E-state index < -0.39 is 9.84 Å². The second kappa shape index (κ2) is 2.12. The van der Waals surface area contributed by atoms with E-state index in [0.29, 0.717) is 5.03 Å². The average Bonchev–Trinajstić information content (AvgIpc) is 2.15. The molecule has 0 aromatic carbocycles. The molecule has 0 amide bonds. The Bertz CT molecular complexity index is 466. The van der Waals surface area contributed by atoms with E-state index in [-0.39, 0.29) is 11.2 Å². The number of aromatic nitrogens is 1. The summed E-state index contributed by atoms with van der Waals surface area (Å²) in [5.41, 5.74) is 0.943. The highest BCUT2D eigenvalue weighted by Crippen LogP contribution is 2.50. The van der Waals surface area contributed by atoms with Crippen molar-refractivity contribution in [2.45, 2.75) is 29.0 Å². The van der Waals surface area contributed by atoms with Gasteiger partial charge >= 0.3 is 0 Å². The van der Waals surface area contributed by atoms with Crippen LogP contribution in [0.5, 0.6) is 0 Å². The van der Waals surface area contributed by atoms with Crippen LogP contribution >= 0.6 is 0 Å². The minimum absolute atomic E-state index is 0.155. The number of fused-ring (bicyclic) bond motifs is 3. The van der Waals surface area contributed by atoms with Crippen LogP contribution in [0, 0.1) is 0 Å². The van der Waals surface area contributed by atoms with Crippen LogP contribution in [0.25, 0.3) is 0 Å². The molecule has 1 aliphatic carbocycles. The molecular formula is C9H9NO2S. The van der Waals surface area contributed by atoms with E-state index in [1.807, 2.05) is 12.1 Å². The Kier molecular flexibility index (Phi) is 1.22. The van der Waals surface area contributed by atoms with Crippen molar-refractivity contribution in [3.05, 3.63) is 23.9 Å². The molecule has 0 bridgehead atoms. The van der Waals surface area contributed by atoms with Crippen LogP contribution in [0.3, 0.4) is 0 Å². The molecule has 1 unspecified atom stereocenters. The Labute approximate surface area is 76.7 Å². The maximum Gasteiger partial charge on any atom is 0.199 e. The fraction of sp³-hybridized carbons (Fsp3) is 0.444. The van der Waals surface area contributed by atoms with E-state index in [0.717, 1.165) is 18.4 Å². The van der Waals surface area contributed by atoms with Gasteiger partial charge in [0, 0.05) is 12.1 Å². The predicted octanol–water partition coefficient (Wildman–Crippen LogP) is 1.11. The first-order valence-corrected chi connectivity index (χ1v) is 5.95. The van der Waals surface area contributed by atoms with Crippen LogP contribution in [-0.4, -0.2) is 18.7 Å². The van der Waals surface area contributed by atoms with Gasteiger partial charge in [0.25, 0.3) is 0 Å². The van der Waals surface area contributed by atoms with Gasteiger partial charge in [0.15, 0.2) is 14.9 Å². The topological polar surface area (TPSA) is 47.0 Å². The first kappa shape index (κ1) is 7.50. The standard InChI is InChI=1S/C9H9NO2S/c11-13(12)8-4-3-6(8)7-2-1-5-10-9(7)13/h1-2,5-6,8H,3-4H2/t6?,8-/m1/s1. The summed E-state index contributed by atoms with van der Waals surface area (Å²) in [6.07, 6.45) is 3.37. The summed E-state index contributed by atoms with van der Waals surface area (Å²) < 4.78 is 23.6. The fourth-order valence-corrected chi connectivity index (χ4v) is 4.47. The van der Waals surface area contributed by atoms with Gasteiger partial charge in [0.1, 0.15) is 0 Å². The van der Waals surface area contributed by atoms with Crippen molar-refractivity contribution in [3.63, 3.8) is 0 Å². The lowest BCUT2D eigenvalue weighted by molar-refractivity contribution is 0.425. The molecule has 0 N–H and O–H groups in total. The zero-order valence-electron chi connectivity index (χ0n) is 6.97. The molecular weight excluding hydrogens is 186 g/mol. The van der Waals surface area contributed by atoms with Gasteiger partial charge in [0.2, 0.25) is 0 Å². The molecule has 2 heterocycles. The Morgan fingerprint density at radius 2 is 2.23 bits per heavy atom. The zero-order valence-corrected chi connectivity index (χ0v) is 7.79. The van der Waals surface area contributed by atoms with Crippen LogP contribution in [0.4, 0.5) is 0 Å². The molecule has 1 fully saturated rings. The van der Waals surface area contributed by atoms with E-state index >= 15 is 0 Å². The second-order valence-electron chi connectivity index (χ2n) is 3.67. The van der Waals surface area contributed by atoms with Crippen molar-refractivity contribution in [1.82, 2.24) is 4.98 Å². The molecule has 1 aromatic rings. The first-order valence-electron chi connectivity index (χ1n) is 4.40. The van der Waals surface area contributed by atoms with E-state index in [9.17, 15) is 8.42 Å². The fourth-order valence-electron chi connectivity index (χ4n) is 2.26. The number of sulfone groups is 1. The summed E-state index contributed by atoms with van der Waals surface area (Å²) >= 11 is 0. The Hall–Kier alpha value is -0.900. The van der Waals surface area contributed by atoms with Crippen molar-refractivity contribution in [2.75, 3.05) is 0 Å². The summed E-state index contributed by atoms with van der Waals surface area (Å²) in [7, 11) is -3.06. The molecule has 0 saturated heterocycles. The maximum absolute atomic E-state index is 11.8. The quantitative estimate of drug-likeness (QED) is 0.623. The lowest BCUT2D eigenvalue weighted by Crippen LogP contribution is -2.30. The minimum atomic E-state index is -3.06. The van der Waals surface area contributed by atoms with Crippen molar-refractivity contribution in [1.29, 1.82) is 0 Å². The largest absolute Gasteiger partial charge is 0.244 e. The zero-order chi connectivity index (χ0) is 9.05. The third kappa shape index (κ3) is 0.746. The predicted molar refractivity (Wildman–Crippen MR) is 47.2 cm³/mol. The molecule has 3 nitrogen and oxygen atoms in total. The minimum Gasteiger partial charge on any atom is -0.244 e. The Morgan fingerprint density at radius 1 is 1.38 bits per heavy atom. The van der Waals surface area contributed by atoms with Crippen LogP contribution < -0.4 is 0 Å². The van der Waals surface area contributed by atoms with Gasteiger partial charge < -0.3 is 0 Å². The molecule has 2 atom stereocenters. The Balaban J connectivity index is 2.34. The first-order chi connectivity index (χ1) is 6.21. The van der Waals surface area contributed by atoms with Crippen molar-refractivity contribution < 1.29 is 8.42 Å². The summed E-state index contributed by atoms with van der Waals surface area (Å²) in [6.45, 7) is 0. The van der Waals surface area contributed by atoms with Gasteiger partial charge in [-0.15, -0.1) is 0 Å². The van der Waals surface area contributed by atoms with Gasteiger partial charge in [-0.2, -0.15) is 0 Å². The van der Waals surface area contributed by atoms with Crippen LogP contribution in [-0.2, 0) is 9.84 Å². The number of nitrogens with zero attached hydrogens (tertiary/aromatic N) is 1. The van der Waals surface area contributed by atoms with Crippen LogP contribution in [0.1, 0.15) is 24.3 Å². The number of pyridine rings is 1. The summed E-state index contributed by atoms with van der Waals surface area (Å²) in [5, 5.41) is 0.180. The Morgan fingerprint density at radius 3 is 2.92 bits per heavy atom. The molecule has 13 heavy (non-hydrogen) atoms. The molecule has 3 rings (SSSR count). The third-order valence-corrected chi connectivity index (χ3v) is 5.32. The van der Waals surface area contributed by atoms with Crippen molar-refractivity contribution in [3.8, 4) is 0 Å². The van der Waals surface area contributed by atoms with Gasteiger partial charge in [-0.25, -0.2) is 13.4 Å². The van der Waals surface area contributed by atoms with Gasteiger partial charge in [0.05, 0.1) is 5.25 Å². The lowest BCUT2D eigenvalue weighted by atomic mass is 9.80. The normalized spacial score (nSPS) is 33.2. The number of rotatable bonds is 0.